The largest absolute Gasteiger partial charge is 0.454 e. The molecule has 2 fully saturated rings. The topological polar surface area (TPSA) is 114 Å². The third-order valence-corrected chi connectivity index (χ3v) is 8.92. The maximum atomic E-state index is 14.1. The lowest BCUT2D eigenvalue weighted by Crippen LogP contribution is -2.39. The van der Waals surface area contributed by atoms with Gasteiger partial charge < -0.3 is 35.3 Å². The highest BCUT2D eigenvalue weighted by molar-refractivity contribution is 6.13. The van der Waals surface area contributed by atoms with E-state index in [2.05, 4.69) is 44.4 Å². The molecule has 5 aromatic rings. The van der Waals surface area contributed by atoms with Crippen LogP contribution in [0.2, 0.25) is 0 Å². The predicted octanol–water partition coefficient (Wildman–Crippen LogP) is 5.75. The Labute approximate surface area is 266 Å². The van der Waals surface area contributed by atoms with E-state index in [1.54, 1.807) is 36.4 Å². The predicted molar refractivity (Wildman–Crippen MR) is 178 cm³/mol. The second kappa shape index (κ2) is 12.5. The van der Waals surface area contributed by atoms with Gasteiger partial charge in [0.2, 0.25) is 5.78 Å². The number of ketones is 1. The molecule has 4 heterocycles. The number of fused-ring (bicyclic) bond motifs is 1. The quantitative estimate of drug-likeness (QED) is 0.187. The smallest absolute Gasteiger partial charge is 0.214 e. The third kappa shape index (κ3) is 5.91. The number of benzene rings is 3. The zero-order valence-corrected chi connectivity index (χ0v) is 26.1. The molecule has 2 aromatic heterocycles. The van der Waals surface area contributed by atoms with Crippen molar-refractivity contribution in [3.8, 4) is 17.2 Å². The van der Waals surface area contributed by atoms with Crippen LogP contribution in [0.3, 0.4) is 0 Å². The molecule has 0 spiro atoms. The fraction of sp³-hybridized carbons (Fsp3) is 0.314. The van der Waals surface area contributed by atoms with Crippen LogP contribution in [0, 0.1) is 12.7 Å². The minimum absolute atomic E-state index is 0.140. The van der Waals surface area contributed by atoms with Crippen molar-refractivity contribution in [3.05, 3.63) is 89.5 Å². The maximum Gasteiger partial charge on any atom is 0.214 e. The fourth-order valence-corrected chi connectivity index (χ4v) is 6.30. The number of piperidine rings is 1. The van der Waals surface area contributed by atoms with E-state index in [0.29, 0.717) is 41.9 Å². The number of para-hydroxylation sites is 1. The zero-order valence-electron chi connectivity index (χ0n) is 26.1. The number of aromatic nitrogens is 3. The SMILES string of the molecule is Cc1cc(Oc2ccccc2F)ccc1-n1ncc(C(=O)c2cc3cc(N4CCOCC4)c(NC4CCN(C)CC4)cc3[nH]2)c1N. The summed E-state index contributed by atoms with van der Waals surface area (Å²) < 4.78 is 27.0. The van der Waals surface area contributed by atoms with Crippen molar-refractivity contribution >= 4 is 33.9 Å². The Morgan fingerprint density at radius 1 is 1.04 bits per heavy atom. The number of nitrogens with zero attached hydrogens (tertiary/aromatic N) is 4. The van der Waals surface area contributed by atoms with Gasteiger partial charge in [0.05, 0.1) is 47.7 Å². The third-order valence-electron chi connectivity index (χ3n) is 8.92. The molecule has 238 valence electrons. The first-order valence-corrected chi connectivity index (χ1v) is 15.7. The number of morpholine rings is 1. The van der Waals surface area contributed by atoms with E-state index in [9.17, 15) is 9.18 Å². The van der Waals surface area contributed by atoms with Crippen LogP contribution in [0.25, 0.3) is 16.6 Å². The van der Waals surface area contributed by atoms with Crippen molar-refractivity contribution in [2.45, 2.75) is 25.8 Å². The average Bonchev–Trinajstić information content (AvgIpc) is 3.66. The maximum absolute atomic E-state index is 14.1. The van der Waals surface area contributed by atoms with Gasteiger partial charge >= 0.3 is 0 Å². The van der Waals surface area contributed by atoms with Crippen LogP contribution in [0.4, 0.5) is 21.6 Å². The van der Waals surface area contributed by atoms with Gasteiger partial charge in [-0.15, -0.1) is 0 Å². The first-order valence-electron chi connectivity index (χ1n) is 15.7. The molecule has 0 saturated carbocycles. The number of nitrogens with one attached hydrogen (secondary N) is 2. The summed E-state index contributed by atoms with van der Waals surface area (Å²) in [6, 6.07) is 18.1. The second-order valence-electron chi connectivity index (χ2n) is 12.1. The number of nitrogens with two attached hydrogens (primary N) is 1. The minimum Gasteiger partial charge on any atom is -0.454 e. The van der Waals surface area contributed by atoms with Gasteiger partial charge in [0.25, 0.3) is 0 Å². The Kier molecular flexibility index (Phi) is 8.10. The molecule has 4 N–H and O–H groups in total. The first-order chi connectivity index (χ1) is 22.3. The van der Waals surface area contributed by atoms with E-state index >= 15 is 0 Å². The molecule has 0 bridgehead atoms. The number of rotatable bonds is 8. The first kappa shape index (κ1) is 29.8. The van der Waals surface area contributed by atoms with Gasteiger partial charge in [0.15, 0.2) is 11.6 Å². The summed E-state index contributed by atoms with van der Waals surface area (Å²) in [7, 11) is 2.16. The number of ether oxygens (including phenoxy) is 2. The highest BCUT2D eigenvalue weighted by Gasteiger charge is 2.24. The molecule has 11 heteroatoms. The number of H-pyrrole nitrogens is 1. The molecule has 10 nitrogen and oxygen atoms in total. The Bertz CT molecular complexity index is 1890. The standard InChI is InChI=1S/C35H38FN7O3/c1-22-17-25(46-33-6-4-3-5-27(33)36)7-8-31(22)43-35(37)26(21-38-43)34(44)30-18-23-19-32(42-13-15-45-16-14-42)29(20-28(23)40-30)39-24-9-11-41(2)12-10-24/h3-8,17-21,24,39-40H,9-16,37H2,1-2H3. The molecule has 0 amide bonds. The Hall–Kier alpha value is -4.87. The molecule has 3 aromatic carbocycles. The van der Waals surface area contributed by atoms with Crippen LogP contribution in [-0.4, -0.2) is 77.9 Å². The summed E-state index contributed by atoms with van der Waals surface area (Å²) in [5.74, 6) is 0.166. The molecule has 2 aliphatic heterocycles. The summed E-state index contributed by atoms with van der Waals surface area (Å²) in [6.45, 7) is 7.01. The molecular weight excluding hydrogens is 585 g/mol. The van der Waals surface area contributed by atoms with E-state index in [0.717, 1.165) is 66.9 Å². The lowest BCUT2D eigenvalue weighted by atomic mass is 10.0. The molecule has 0 radical (unpaired) electrons. The number of aryl methyl sites for hydroxylation is 1. The van der Waals surface area contributed by atoms with Crippen LogP contribution >= 0.6 is 0 Å². The number of carbonyl (C=O) groups excluding carboxylic acids is 1. The van der Waals surface area contributed by atoms with Crippen LogP contribution in [-0.2, 0) is 4.74 Å². The number of likely N-dealkylation sites (tertiary alicyclic amines) is 1. The number of hydrogen-bond acceptors (Lipinski definition) is 8. The van der Waals surface area contributed by atoms with Gasteiger partial charge in [0, 0.05) is 30.0 Å². The van der Waals surface area contributed by atoms with Crippen molar-refractivity contribution in [3.63, 3.8) is 0 Å². The van der Waals surface area contributed by atoms with E-state index in [4.69, 9.17) is 15.2 Å². The normalized spacial score (nSPS) is 16.2. The lowest BCUT2D eigenvalue weighted by Gasteiger charge is -2.34. The van der Waals surface area contributed by atoms with Crippen molar-refractivity contribution in [1.82, 2.24) is 19.7 Å². The molecule has 0 aliphatic carbocycles. The van der Waals surface area contributed by atoms with E-state index < -0.39 is 5.82 Å². The van der Waals surface area contributed by atoms with Crippen LogP contribution < -0.4 is 20.7 Å². The van der Waals surface area contributed by atoms with Crippen molar-refractivity contribution in [2.75, 3.05) is 62.4 Å². The van der Waals surface area contributed by atoms with Gasteiger partial charge in [-0.2, -0.15) is 5.10 Å². The minimum atomic E-state index is -0.442. The molecule has 0 unspecified atom stereocenters. The molecule has 2 saturated heterocycles. The van der Waals surface area contributed by atoms with Gasteiger partial charge in [0.1, 0.15) is 11.6 Å². The second-order valence-corrected chi connectivity index (χ2v) is 12.1. The van der Waals surface area contributed by atoms with Crippen molar-refractivity contribution in [1.29, 1.82) is 0 Å². The van der Waals surface area contributed by atoms with Crippen molar-refractivity contribution < 1.29 is 18.7 Å². The van der Waals surface area contributed by atoms with Crippen LogP contribution in [0.15, 0.2) is 66.9 Å². The molecule has 2 aliphatic rings. The summed E-state index contributed by atoms with van der Waals surface area (Å²) >= 11 is 0. The van der Waals surface area contributed by atoms with Gasteiger partial charge in [-0.1, -0.05) is 12.1 Å². The van der Waals surface area contributed by atoms with Crippen molar-refractivity contribution in [2.24, 2.45) is 0 Å². The fourth-order valence-electron chi connectivity index (χ4n) is 6.30. The number of aromatic amines is 1. The molecule has 46 heavy (non-hydrogen) atoms. The van der Waals surface area contributed by atoms with Gasteiger partial charge in [-0.3, -0.25) is 4.79 Å². The highest BCUT2D eigenvalue weighted by atomic mass is 19.1. The van der Waals surface area contributed by atoms with E-state index in [-0.39, 0.29) is 17.4 Å². The van der Waals surface area contributed by atoms with Gasteiger partial charge in [-0.25, -0.2) is 9.07 Å². The average molecular weight is 624 g/mol. The summed E-state index contributed by atoms with van der Waals surface area (Å²) in [4.78, 5) is 21.9. The number of nitrogen functional groups attached to an aromatic ring is 1. The molecule has 0 atom stereocenters. The number of hydrogen-bond donors (Lipinski definition) is 3. The Morgan fingerprint density at radius 2 is 1.83 bits per heavy atom. The number of halogens is 1. The Balaban J connectivity index is 1.16. The zero-order chi connectivity index (χ0) is 31.8. The highest BCUT2D eigenvalue weighted by Crippen LogP contribution is 2.35. The Morgan fingerprint density at radius 3 is 2.59 bits per heavy atom. The summed E-state index contributed by atoms with van der Waals surface area (Å²) in [5, 5.41) is 9.22. The monoisotopic (exact) mass is 623 g/mol. The molecule has 7 rings (SSSR count). The lowest BCUT2D eigenvalue weighted by molar-refractivity contribution is 0.103. The van der Waals surface area contributed by atoms with Gasteiger partial charge in [-0.05, 0) is 94.0 Å². The number of anilines is 3. The number of carbonyl (C=O) groups is 1. The summed E-state index contributed by atoms with van der Waals surface area (Å²) in [6.07, 6.45) is 3.66. The molecular formula is C35H38FN7O3. The van der Waals surface area contributed by atoms with E-state index in [1.165, 1.54) is 16.9 Å². The van der Waals surface area contributed by atoms with Crippen LogP contribution in [0.5, 0.6) is 11.5 Å². The van der Waals surface area contributed by atoms with E-state index in [1.807, 2.05) is 13.0 Å². The van der Waals surface area contributed by atoms with Crippen LogP contribution in [0.1, 0.15) is 34.5 Å². The summed E-state index contributed by atoms with van der Waals surface area (Å²) in [5.41, 5.74) is 11.8.